The maximum atomic E-state index is 12.8. The van der Waals surface area contributed by atoms with Crippen LogP contribution in [0.1, 0.15) is 29.5 Å². The van der Waals surface area contributed by atoms with Gasteiger partial charge in [-0.2, -0.15) is 26.7 Å². The number of hydrogen-bond acceptors (Lipinski definition) is 8. The highest BCUT2D eigenvalue weighted by Crippen LogP contribution is 2.36. The highest BCUT2D eigenvalue weighted by atomic mass is 32.2. The third-order valence-corrected chi connectivity index (χ3v) is 7.19. The van der Waals surface area contributed by atoms with Gasteiger partial charge in [0.25, 0.3) is 16.0 Å². The monoisotopic (exact) mass is 540 g/mol. The fraction of sp³-hybridized carbons (Fsp3) is 0.304. The van der Waals surface area contributed by atoms with Crippen LogP contribution in [-0.4, -0.2) is 38.2 Å². The molecule has 1 aromatic heterocycles. The Labute approximate surface area is 210 Å². The number of anilines is 2. The summed E-state index contributed by atoms with van der Waals surface area (Å²) in [5, 5.41) is 4.56. The van der Waals surface area contributed by atoms with Crippen LogP contribution in [0.3, 0.4) is 0 Å². The Morgan fingerprint density at radius 2 is 1.92 bits per heavy atom. The van der Waals surface area contributed by atoms with Gasteiger partial charge in [-0.3, -0.25) is 4.79 Å². The van der Waals surface area contributed by atoms with E-state index in [1.807, 2.05) is 6.92 Å². The number of amides is 1. The summed E-state index contributed by atoms with van der Waals surface area (Å²) in [5.41, 5.74) is 8.09. The summed E-state index contributed by atoms with van der Waals surface area (Å²) in [6.45, 7) is 2.20. The van der Waals surface area contributed by atoms with E-state index in [2.05, 4.69) is 10.3 Å². The van der Waals surface area contributed by atoms with Gasteiger partial charge in [0.1, 0.15) is 0 Å². The van der Waals surface area contributed by atoms with Crippen LogP contribution in [0.15, 0.2) is 48.7 Å². The Bertz CT molecular complexity index is 1370. The SMILES string of the molecule is C[C@@H](c1ccc(C(F)(F)F)cc1)[C@H](N)CNc1ncc(-c2ccc3c(c2)CC(=O)N3OS(C)(=O)=O)s1. The van der Waals surface area contributed by atoms with Gasteiger partial charge in [0.05, 0.1) is 28.8 Å². The molecule has 36 heavy (non-hydrogen) atoms. The van der Waals surface area contributed by atoms with E-state index in [0.717, 1.165) is 33.9 Å². The molecule has 2 aromatic carbocycles. The van der Waals surface area contributed by atoms with Gasteiger partial charge in [-0.05, 0) is 46.9 Å². The quantitative estimate of drug-likeness (QED) is 0.441. The first-order chi connectivity index (χ1) is 16.8. The summed E-state index contributed by atoms with van der Waals surface area (Å²) in [5.74, 6) is -0.666. The summed E-state index contributed by atoms with van der Waals surface area (Å²) >= 11 is 1.37. The number of nitrogens with zero attached hydrogens (tertiary/aromatic N) is 2. The van der Waals surface area contributed by atoms with E-state index in [0.29, 0.717) is 28.5 Å². The number of carbonyl (C=O) groups is 1. The van der Waals surface area contributed by atoms with Crippen LogP contribution in [0.5, 0.6) is 0 Å². The zero-order chi connectivity index (χ0) is 26.3. The number of fused-ring (bicyclic) bond motifs is 1. The lowest BCUT2D eigenvalue weighted by molar-refractivity contribution is -0.137. The first-order valence-electron chi connectivity index (χ1n) is 10.8. The lowest BCUT2D eigenvalue weighted by Gasteiger charge is -2.21. The van der Waals surface area contributed by atoms with Gasteiger partial charge in [0.2, 0.25) is 0 Å². The van der Waals surface area contributed by atoms with Crippen LogP contribution in [0, 0.1) is 0 Å². The van der Waals surface area contributed by atoms with E-state index in [9.17, 15) is 26.4 Å². The second-order valence-electron chi connectivity index (χ2n) is 8.47. The zero-order valence-corrected chi connectivity index (χ0v) is 20.9. The third-order valence-electron chi connectivity index (χ3n) is 5.76. The number of aromatic nitrogens is 1. The predicted molar refractivity (Wildman–Crippen MR) is 131 cm³/mol. The molecule has 0 bridgehead atoms. The van der Waals surface area contributed by atoms with Crippen molar-refractivity contribution in [1.82, 2.24) is 4.98 Å². The molecule has 0 aliphatic carbocycles. The summed E-state index contributed by atoms with van der Waals surface area (Å²) < 4.78 is 66.0. The molecule has 1 aliphatic rings. The summed E-state index contributed by atoms with van der Waals surface area (Å²) in [7, 11) is -3.85. The number of carbonyl (C=O) groups excluding carboxylic acids is 1. The molecule has 8 nitrogen and oxygen atoms in total. The van der Waals surface area contributed by atoms with Crippen molar-refractivity contribution < 1.29 is 30.7 Å². The molecule has 0 saturated carbocycles. The highest BCUT2D eigenvalue weighted by molar-refractivity contribution is 7.86. The smallest absolute Gasteiger partial charge is 0.360 e. The Morgan fingerprint density at radius 1 is 1.22 bits per heavy atom. The van der Waals surface area contributed by atoms with Crippen molar-refractivity contribution >= 4 is 38.2 Å². The Balaban J connectivity index is 1.39. The molecule has 13 heteroatoms. The van der Waals surface area contributed by atoms with Gasteiger partial charge in [0, 0.05) is 18.8 Å². The number of thiazole rings is 1. The predicted octanol–water partition coefficient (Wildman–Crippen LogP) is 4.15. The Kier molecular flexibility index (Phi) is 7.10. The lowest BCUT2D eigenvalue weighted by Crippen LogP contribution is -2.34. The molecule has 3 aromatic rings. The maximum Gasteiger partial charge on any atom is 0.416 e. The first kappa shape index (κ1) is 26.1. The number of hydroxylamine groups is 1. The summed E-state index contributed by atoms with van der Waals surface area (Å²) in [4.78, 5) is 17.4. The van der Waals surface area contributed by atoms with E-state index >= 15 is 0 Å². The minimum Gasteiger partial charge on any atom is -0.360 e. The number of hydrogen-bond donors (Lipinski definition) is 2. The molecule has 0 saturated heterocycles. The van der Waals surface area contributed by atoms with E-state index in [1.165, 1.54) is 23.5 Å². The van der Waals surface area contributed by atoms with Crippen molar-refractivity contribution in [3.63, 3.8) is 0 Å². The molecule has 4 rings (SSSR count). The first-order valence-corrected chi connectivity index (χ1v) is 13.4. The molecular formula is C23H23F3N4O4S2. The molecule has 0 unspecified atom stereocenters. The highest BCUT2D eigenvalue weighted by Gasteiger charge is 2.32. The van der Waals surface area contributed by atoms with Crippen LogP contribution >= 0.6 is 11.3 Å². The second-order valence-corrected chi connectivity index (χ2v) is 11.1. The van der Waals surface area contributed by atoms with Crippen LogP contribution < -0.4 is 16.1 Å². The number of benzene rings is 2. The fourth-order valence-corrected chi connectivity index (χ4v) is 5.01. The average Bonchev–Trinajstić information content (AvgIpc) is 3.39. The van der Waals surface area contributed by atoms with Crippen LogP contribution in [-0.2, 0) is 31.8 Å². The Hall–Kier alpha value is -3.00. The van der Waals surface area contributed by atoms with Crippen molar-refractivity contribution in [3.05, 3.63) is 65.4 Å². The molecule has 0 spiro atoms. The topological polar surface area (TPSA) is 115 Å². The molecule has 0 fully saturated rings. The molecule has 0 radical (unpaired) electrons. The number of halogens is 3. The lowest BCUT2D eigenvalue weighted by atomic mass is 9.93. The van der Waals surface area contributed by atoms with Crippen molar-refractivity contribution in [1.29, 1.82) is 0 Å². The van der Waals surface area contributed by atoms with Gasteiger partial charge in [-0.1, -0.05) is 36.5 Å². The second kappa shape index (κ2) is 9.81. The molecule has 1 amide bonds. The van der Waals surface area contributed by atoms with Gasteiger partial charge >= 0.3 is 6.18 Å². The van der Waals surface area contributed by atoms with Crippen molar-refractivity contribution in [3.8, 4) is 10.4 Å². The minimum absolute atomic E-state index is 0.0132. The zero-order valence-electron chi connectivity index (χ0n) is 19.2. The van der Waals surface area contributed by atoms with Crippen molar-refractivity contribution in [2.45, 2.75) is 31.5 Å². The van der Waals surface area contributed by atoms with E-state index in [1.54, 1.807) is 24.4 Å². The van der Waals surface area contributed by atoms with E-state index < -0.39 is 27.8 Å². The van der Waals surface area contributed by atoms with E-state index in [4.69, 9.17) is 10.0 Å². The Morgan fingerprint density at radius 3 is 2.56 bits per heavy atom. The van der Waals surface area contributed by atoms with Gasteiger partial charge in [0.15, 0.2) is 5.13 Å². The normalized spacial score (nSPS) is 15.6. The average molecular weight is 541 g/mol. The molecule has 192 valence electrons. The summed E-state index contributed by atoms with van der Waals surface area (Å²) in [6, 6.07) is 9.76. The molecule has 1 aliphatic heterocycles. The number of nitrogens with one attached hydrogen (secondary N) is 1. The number of rotatable bonds is 8. The molecule has 3 N–H and O–H groups in total. The van der Waals surface area contributed by atoms with Gasteiger partial charge < -0.3 is 11.1 Å². The minimum atomic E-state index is -4.38. The van der Waals surface area contributed by atoms with E-state index in [-0.39, 0.29) is 18.4 Å². The van der Waals surface area contributed by atoms with Gasteiger partial charge in [-0.25, -0.2) is 4.98 Å². The maximum absolute atomic E-state index is 12.8. The number of nitrogens with two attached hydrogens (primary N) is 1. The van der Waals surface area contributed by atoms with Crippen LogP contribution in [0.2, 0.25) is 0 Å². The number of alkyl halides is 3. The molecule has 2 atom stereocenters. The third kappa shape index (κ3) is 5.86. The van der Waals surface area contributed by atoms with Gasteiger partial charge in [-0.15, -0.1) is 4.28 Å². The standard InChI is InChI=1S/C23H23F3N4O4S2/c1-13(14-3-6-17(7-4-14)23(24,25)26)18(27)11-28-22-29-12-20(35-22)15-5-8-19-16(9-15)10-21(31)30(19)34-36(2,32)33/h3-9,12-13,18H,10-11,27H2,1-2H3,(H,28,29)/t13-,18+/m0/s1. The van der Waals surface area contributed by atoms with Crippen LogP contribution in [0.25, 0.3) is 10.4 Å². The van der Waals surface area contributed by atoms with Crippen LogP contribution in [0.4, 0.5) is 24.0 Å². The molecule has 2 heterocycles. The van der Waals surface area contributed by atoms with Crippen molar-refractivity contribution in [2.75, 3.05) is 23.2 Å². The molecular weight excluding hydrogens is 517 g/mol. The summed E-state index contributed by atoms with van der Waals surface area (Å²) in [6.07, 6.45) is -1.83. The fourth-order valence-electron chi connectivity index (χ4n) is 3.76. The largest absolute Gasteiger partial charge is 0.416 e. The van der Waals surface area contributed by atoms with Crippen molar-refractivity contribution in [2.24, 2.45) is 5.73 Å².